The molecular formula is C21H34O4. The lowest BCUT2D eigenvalue weighted by atomic mass is 9.46. The normalized spacial score (nSPS) is 36.4. The third-order valence-electron chi connectivity index (χ3n) is 7.14. The Morgan fingerprint density at radius 3 is 2.64 bits per heavy atom. The van der Waals surface area contributed by atoms with Gasteiger partial charge >= 0.3 is 11.9 Å². The van der Waals surface area contributed by atoms with E-state index in [0.717, 1.165) is 44.9 Å². The van der Waals surface area contributed by atoms with Crippen LogP contribution in [0.3, 0.4) is 0 Å². The highest BCUT2D eigenvalue weighted by Crippen LogP contribution is 2.62. The van der Waals surface area contributed by atoms with Gasteiger partial charge < -0.3 is 9.84 Å². The van der Waals surface area contributed by atoms with Gasteiger partial charge in [0.05, 0.1) is 12.5 Å². The number of aliphatic carboxylic acids is 1. The number of rotatable bonds is 6. The van der Waals surface area contributed by atoms with E-state index in [1.54, 1.807) is 0 Å². The van der Waals surface area contributed by atoms with E-state index in [0.29, 0.717) is 11.8 Å². The van der Waals surface area contributed by atoms with E-state index in [1.807, 2.05) is 6.92 Å². The smallest absolute Gasteiger partial charge is 0.311 e. The maximum absolute atomic E-state index is 12.6. The van der Waals surface area contributed by atoms with Crippen molar-refractivity contribution in [2.45, 2.75) is 72.1 Å². The number of allylic oxidation sites excluding steroid dienone is 1. The van der Waals surface area contributed by atoms with Gasteiger partial charge in [-0.15, -0.1) is 0 Å². The Kier molecular flexibility index (Phi) is 6.01. The number of carboxylic acid groups (broad SMARTS) is 1. The second kappa shape index (κ2) is 7.51. The molecule has 2 fully saturated rings. The summed E-state index contributed by atoms with van der Waals surface area (Å²) in [5.41, 5.74) is 0.933. The van der Waals surface area contributed by atoms with Crippen LogP contribution in [0, 0.1) is 28.6 Å². The Bertz CT molecular complexity index is 540. The number of hydrogen-bond acceptors (Lipinski definition) is 3. The number of carboxylic acids is 1. The molecular weight excluding hydrogens is 316 g/mol. The Labute approximate surface area is 152 Å². The average Bonchev–Trinajstić information content (AvgIpc) is 2.52. The lowest BCUT2D eigenvalue weighted by Crippen LogP contribution is -2.53. The van der Waals surface area contributed by atoms with Crippen LogP contribution in [0.25, 0.3) is 0 Å². The fraction of sp³-hybridized carbons (Fsp3) is 0.810. The second-order valence-corrected chi connectivity index (χ2v) is 8.85. The summed E-state index contributed by atoms with van der Waals surface area (Å²) in [6.45, 7) is 10.8. The molecule has 2 aliphatic carbocycles. The molecule has 4 heteroatoms. The molecule has 0 aromatic heterocycles. The fourth-order valence-electron chi connectivity index (χ4n) is 5.81. The highest BCUT2D eigenvalue weighted by Gasteiger charge is 2.57. The molecule has 0 spiro atoms. The molecule has 0 aliphatic heterocycles. The molecule has 0 amide bonds. The number of esters is 1. The Balaban J connectivity index is 2.21. The molecule has 0 aromatic carbocycles. The predicted octanol–water partition coefficient (Wildman–Crippen LogP) is 4.83. The van der Waals surface area contributed by atoms with E-state index in [9.17, 15) is 9.59 Å². The molecule has 0 bridgehead atoms. The highest BCUT2D eigenvalue weighted by atomic mass is 16.5. The number of carbonyl (C=O) groups excluding carboxylic acids is 1. The molecule has 5 atom stereocenters. The molecule has 0 saturated heterocycles. The van der Waals surface area contributed by atoms with E-state index < -0.39 is 11.4 Å². The minimum atomic E-state index is -0.727. The predicted molar refractivity (Wildman–Crippen MR) is 98.1 cm³/mol. The summed E-state index contributed by atoms with van der Waals surface area (Å²) in [5, 5.41) is 9.00. The maximum atomic E-state index is 12.6. The first-order chi connectivity index (χ1) is 11.6. The van der Waals surface area contributed by atoms with Crippen LogP contribution in [-0.2, 0) is 14.3 Å². The van der Waals surface area contributed by atoms with Gasteiger partial charge in [-0.3, -0.25) is 9.59 Å². The van der Waals surface area contributed by atoms with Crippen LogP contribution in [0.1, 0.15) is 72.1 Å². The topological polar surface area (TPSA) is 63.6 Å². The molecule has 0 radical (unpaired) electrons. The minimum absolute atomic E-state index is 0.0550. The van der Waals surface area contributed by atoms with E-state index >= 15 is 0 Å². The first kappa shape index (κ1) is 20.0. The summed E-state index contributed by atoms with van der Waals surface area (Å²) in [6.07, 6.45) is 7.10. The quantitative estimate of drug-likeness (QED) is 0.550. The van der Waals surface area contributed by atoms with Gasteiger partial charge in [0.2, 0.25) is 0 Å². The molecule has 142 valence electrons. The van der Waals surface area contributed by atoms with Gasteiger partial charge in [-0.25, -0.2) is 0 Å². The zero-order chi connectivity index (χ0) is 18.8. The SMILES string of the molecule is C=C1CC[C@H]2[C@](C)(CCC[C@]2(C)C(=O)OC)[C@H]1CC[C@@H](C)CC(=O)O. The lowest BCUT2D eigenvalue weighted by molar-refractivity contribution is -0.168. The van der Waals surface area contributed by atoms with Crippen LogP contribution in [0.2, 0.25) is 0 Å². The molecule has 1 N–H and O–H groups in total. The fourth-order valence-corrected chi connectivity index (χ4v) is 5.81. The summed E-state index contributed by atoms with van der Waals surface area (Å²) in [6, 6.07) is 0. The average molecular weight is 350 g/mol. The third-order valence-corrected chi connectivity index (χ3v) is 7.14. The highest BCUT2D eigenvalue weighted by molar-refractivity contribution is 5.77. The van der Waals surface area contributed by atoms with Crippen molar-refractivity contribution in [1.29, 1.82) is 0 Å². The van der Waals surface area contributed by atoms with Crippen LogP contribution in [0.5, 0.6) is 0 Å². The van der Waals surface area contributed by atoms with Crippen molar-refractivity contribution in [2.75, 3.05) is 7.11 Å². The third kappa shape index (κ3) is 3.78. The number of ether oxygens (including phenoxy) is 1. The van der Waals surface area contributed by atoms with E-state index in [2.05, 4.69) is 20.4 Å². The lowest BCUT2D eigenvalue weighted by Gasteiger charge is -2.57. The van der Waals surface area contributed by atoms with Crippen molar-refractivity contribution in [1.82, 2.24) is 0 Å². The van der Waals surface area contributed by atoms with Crippen LogP contribution >= 0.6 is 0 Å². The van der Waals surface area contributed by atoms with Crippen molar-refractivity contribution < 1.29 is 19.4 Å². The minimum Gasteiger partial charge on any atom is -0.481 e. The number of hydrogen-bond donors (Lipinski definition) is 1. The van der Waals surface area contributed by atoms with Crippen molar-refractivity contribution in [3.8, 4) is 0 Å². The Hall–Kier alpha value is -1.32. The second-order valence-electron chi connectivity index (χ2n) is 8.85. The van der Waals surface area contributed by atoms with Crippen molar-refractivity contribution in [3.63, 3.8) is 0 Å². The number of fused-ring (bicyclic) bond motifs is 1. The molecule has 2 aliphatic rings. The van der Waals surface area contributed by atoms with Gasteiger partial charge in [0.25, 0.3) is 0 Å². The molecule has 4 nitrogen and oxygen atoms in total. The summed E-state index contributed by atoms with van der Waals surface area (Å²) >= 11 is 0. The van der Waals surface area contributed by atoms with Crippen LogP contribution in [0.4, 0.5) is 0 Å². The maximum Gasteiger partial charge on any atom is 0.311 e. The van der Waals surface area contributed by atoms with E-state index in [4.69, 9.17) is 9.84 Å². The van der Waals surface area contributed by atoms with Gasteiger partial charge in [-0.2, -0.15) is 0 Å². The van der Waals surface area contributed by atoms with Crippen LogP contribution in [-0.4, -0.2) is 24.2 Å². The molecule has 2 saturated carbocycles. The zero-order valence-corrected chi connectivity index (χ0v) is 16.3. The largest absolute Gasteiger partial charge is 0.481 e. The van der Waals surface area contributed by atoms with Crippen molar-refractivity contribution in [3.05, 3.63) is 12.2 Å². The van der Waals surface area contributed by atoms with Crippen molar-refractivity contribution >= 4 is 11.9 Å². The van der Waals surface area contributed by atoms with Gasteiger partial charge in [0, 0.05) is 6.42 Å². The Morgan fingerprint density at radius 2 is 2.04 bits per heavy atom. The standard InChI is InChI=1S/C21H34O4/c1-14(13-18(22)23)7-9-16-15(2)8-10-17-20(16,3)11-6-12-21(17,4)19(24)25-5/h14,16-17H,2,6-13H2,1,3-5H3,(H,22,23)/t14-,16+,17+,20-,21+/m1/s1. The Morgan fingerprint density at radius 1 is 1.36 bits per heavy atom. The first-order valence-corrected chi connectivity index (χ1v) is 9.63. The molecule has 2 rings (SSSR count). The molecule has 0 aromatic rings. The summed E-state index contributed by atoms with van der Waals surface area (Å²) in [5.74, 6) is 0.0482. The van der Waals surface area contributed by atoms with Gasteiger partial charge in [-0.1, -0.05) is 32.4 Å². The van der Waals surface area contributed by atoms with Crippen LogP contribution in [0.15, 0.2) is 12.2 Å². The summed E-state index contributed by atoms with van der Waals surface area (Å²) < 4.78 is 5.16. The van der Waals surface area contributed by atoms with Crippen LogP contribution < -0.4 is 0 Å². The van der Waals surface area contributed by atoms with Gasteiger partial charge in [-0.05, 0) is 68.6 Å². The zero-order valence-electron chi connectivity index (χ0n) is 16.3. The van der Waals surface area contributed by atoms with Gasteiger partial charge in [0.1, 0.15) is 0 Å². The van der Waals surface area contributed by atoms with Crippen molar-refractivity contribution in [2.24, 2.45) is 28.6 Å². The van der Waals surface area contributed by atoms with Gasteiger partial charge in [0.15, 0.2) is 0 Å². The monoisotopic (exact) mass is 350 g/mol. The molecule has 25 heavy (non-hydrogen) atoms. The summed E-state index contributed by atoms with van der Waals surface area (Å²) in [4.78, 5) is 23.5. The number of methoxy groups -OCH3 is 1. The number of carbonyl (C=O) groups is 2. The molecule has 0 unspecified atom stereocenters. The van der Waals surface area contributed by atoms with E-state index in [-0.39, 0.29) is 23.7 Å². The molecule has 0 heterocycles. The summed E-state index contributed by atoms with van der Waals surface area (Å²) in [7, 11) is 1.49. The van der Waals surface area contributed by atoms with E-state index in [1.165, 1.54) is 12.7 Å². The first-order valence-electron chi connectivity index (χ1n) is 9.63.